The zero-order valence-electron chi connectivity index (χ0n) is 15.5. The van der Waals surface area contributed by atoms with E-state index >= 15 is 0 Å². The maximum absolute atomic E-state index is 12.6. The molecule has 1 atom stereocenters. The number of nitrogens with one attached hydrogen (secondary N) is 1. The Morgan fingerprint density at radius 1 is 1.26 bits per heavy atom. The summed E-state index contributed by atoms with van der Waals surface area (Å²) in [4.78, 5) is 26.7. The number of amides is 2. The van der Waals surface area contributed by atoms with Crippen molar-refractivity contribution in [3.05, 3.63) is 52.5 Å². The third-order valence-corrected chi connectivity index (χ3v) is 5.06. The Labute approximate surface area is 167 Å². The fourth-order valence-corrected chi connectivity index (χ4v) is 3.55. The molecule has 0 saturated carbocycles. The van der Waals surface area contributed by atoms with Crippen molar-refractivity contribution in [2.75, 3.05) is 23.4 Å². The van der Waals surface area contributed by atoms with Gasteiger partial charge in [0, 0.05) is 28.8 Å². The van der Waals surface area contributed by atoms with Crippen LogP contribution in [0, 0.1) is 12.8 Å². The van der Waals surface area contributed by atoms with E-state index in [1.54, 1.807) is 4.90 Å². The van der Waals surface area contributed by atoms with Crippen molar-refractivity contribution in [2.24, 2.45) is 5.92 Å². The van der Waals surface area contributed by atoms with Crippen molar-refractivity contribution in [3.8, 4) is 5.75 Å². The van der Waals surface area contributed by atoms with Crippen LogP contribution >= 0.6 is 15.9 Å². The first-order valence-electron chi connectivity index (χ1n) is 9.08. The molecule has 0 radical (unpaired) electrons. The monoisotopic (exact) mass is 430 g/mol. The molecule has 3 rings (SSSR count). The molecule has 1 aliphatic heterocycles. The Morgan fingerprint density at radius 3 is 2.67 bits per heavy atom. The SMILES string of the molecule is CCCOc1ccc(N2C[C@H](C(=O)Nc3ccc(Br)cc3C)CC2=O)cc1. The molecule has 0 bridgehead atoms. The highest BCUT2D eigenvalue weighted by Crippen LogP contribution is 2.28. The maximum Gasteiger partial charge on any atom is 0.229 e. The van der Waals surface area contributed by atoms with Crippen LogP contribution in [-0.2, 0) is 9.59 Å². The number of rotatable bonds is 6. The topological polar surface area (TPSA) is 58.6 Å². The van der Waals surface area contributed by atoms with E-state index in [9.17, 15) is 9.59 Å². The largest absolute Gasteiger partial charge is 0.494 e. The molecule has 6 heteroatoms. The Hall–Kier alpha value is -2.34. The molecule has 0 aliphatic carbocycles. The molecule has 1 aliphatic rings. The van der Waals surface area contributed by atoms with E-state index in [1.165, 1.54) is 0 Å². The highest BCUT2D eigenvalue weighted by molar-refractivity contribution is 9.10. The number of aryl methyl sites for hydroxylation is 1. The van der Waals surface area contributed by atoms with Gasteiger partial charge in [-0.1, -0.05) is 22.9 Å². The van der Waals surface area contributed by atoms with Gasteiger partial charge in [0.2, 0.25) is 11.8 Å². The van der Waals surface area contributed by atoms with E-state index in [0.29, 0.717) is 13.2 Å². The summed E-state index contributed by atoms with van der Waals surface area (Å²) in [7, 11) is 0. The van der Waals surface area contributed by atoms with Crippen LogP contribution in [0.5, 0.6) is 5.75 Å². The lowest BCUT2D eigenvalue weighted by molar-refractivity contribution is -0.122. The predicted molar refractivity (Wildman–Crippen MR) is 110 cm³/mol. The number of carbonyl (C=O) groups excluding carboxylic acids is 2. The van der Waals surface area contributed by atoms with Crippen LogP contribution in [0.2, 0.25) is 0 Å². The molecule has 1 heterocycles. The molecule has 142 valence electrons. The number of nitrogens with zero attached hydrogens (tertiary/aromatic N) is 1. The molecule has 1 N–H and O–H groups in total. The summed E-state index contributed by atoms with van der Waals surface area (Å²) in [5, 5.41) is 2.95. The highest BCUT2D eigenvalue weighted by Gasteiger charge is 2.35. The van der Waals surface area contributed by atoms with Crippen LogP contribution in [-0.4, -0.2) is 25.0 Å². The summed E-state index contributed by atoms with van der Waals surface area (Å²) in [5.74, 6) is 0.257. The number of anilines is 2. The molecule has 2 aromatic rings. The average Bonchev–Trinajstić information content (AvgIpc) is 3.04. The Balaban J connectivity index is 1.65. The van der Waals surface area contributed by atoms with Crippen molar-refractivity contribution in [3.63, 3.8) is 0 Å². The van der Waals surface area contributed by atoms with Gasteiger partial charge in [-0.15, -0.1) is 0 Å². The highest BCUT2D eigenvalue weighted by atomic mass is 79.9. The van der Waals surface area contributed by atoms with Gasteiger partial charge in [-0.05, 0) is 61.4 Å². The smallest absolute Gasteiger partial charge is 0.229 e. The van der Waals surface area contributed by atoms with E-state index in [0.717, 1.165) is 33.6 Å². The molecule has 1 saturated heterocycles. The van der Waals surface area contributed by atoms with Gasteiger partial charge in [-0.2, -0.15) is 0 Å². The van der Waals surface area contributed by atoms with Gasteiger partial charge in [0.25, 0.3) is 0 Å². The summed E-state index contributed by atoms with van der Waals surface area (Å²) in [6, 6.07) is 13.1. The number of carbonyl (C=O) groups is 2. The number of halogens is 1. The second kappa shape index (κ2) is 8.57. The molecule has 5 nitrogen and oxygen atoms in total. The summed E-state index contributed by atoms with van der Waals surface area (Å²) in [6.07, 6.45) is 1.16. The molecule has 1 fully saturated rings. The second-order valence-electron chi connectivity index (χ2n) is 6.70. The van der Waals surface area contributed by atoms with Gasteiger partial charge in [-0.25, -0.2) is 0 Å². The fraction of sp³-hybridized carbons (Fsp3) is 0.333. The molecule has 27 heavy (non-hydrogen) atoms. The van der Waals surface area contributed by atoms with Crippen molar-refractivity contribution in [1.82, 2.24) is 0 Å². The Morgan fingerprint density at radius 2 is 2.00 bits per heavy atom. The van der Waals surface area contributed by atoms with Gasteiger partial charge < -0.3 is 15.0 Å². The van der Waals surface area contributed by atoms with Crippen LogP contribution in [0.25, 0.3) is 0 Å². The minimum atomic E-state index is -0.364. The molecule has 0 unspecified atom stereocenters. The summed E-state index contributed by atoms with van der Waals surface area (Å²) in [6.45, 7) is 5.04. The standard InChI is InChI=1S/C21H23BrN2O3/c1-3-10-27-18-7-5-17(6-8-18)24-13-15(12-20(24)25)21(26)23-19-9-4-16(22)11-14(19)2/h4-9,11,15H,3,10,12-13H2,1-2H3,(H,23,26)/t15-/m1/s1. The number of hydrogen-bond acceptors (Lipinski definition) is 3. The van der Waals surface area contributed by atoms with Gasteiger partial charge >= 0.3 is 0 Å². The lowest BCUT2D eigenvalue weighted by Crippen LogP contribution is -2.28. The van der Waals surface area contributed by atoms with E-state index < -0.39 is 0 Å². The van der Waals surface area contributed by atoms with Crippen LogP contribution in [0.3, 0.4) is 0 Å². The van der Waals surface area contributed by atoms with E-state index in [2.05, 4.69) is 28.2 Å². The van der Waals surface area contributed by atoms with Crippen molar-refractivity contribution in [1.29, 1.82) is 0 Å². The van der Waals surface area contributed by atoms with E-state index in [4.69, 9.17) is 4.74 Å². The van der Waals surface area contributed by atoms with Gasteiger partial charge in [0.15, 0.2) is 0 Å². The van der Waals surface area contributed by atoms with Gasteiger partial charge in [0.05, 0.1) is 12.5 Å². The number of ether oxygens (including phenoxy) is 1. The Bertz CT molecular complexity index is 836. The van der Waals surface area contributed by atoms with Crippen LogP contribution in [0.4, 0.5) is 11.4 Å². The molecule has 2 amide bonds. The van der Waals surface area contributed by atoms with Crippen molar-refractivity contribution >= 4 is 39.1 Å². The molecule has 0 spiro atoms. The second-order valence-corrected chi connectivity index (χ2v) is 7.61. The van der Waals surface area contributed by atoms with Crippen LogP contribution in [0.15, 0.2) is 46.9 Å². The number of hydrogen-bond donors (Lipinski definition) is 1. The minimum Gasteiger partial charge on any atom is -0.494 e. The van der Waals surface area contributed by atoms with Crippen LogP contribution < -0.4 is 15.0 Å². The quantitative estimate of drug-likeness (QED) is 0.731. The summed E-state index contributed by atoms with van der Waals surface area (Å²) < 4.78 is 6.54. The Kier molecular flexibility index (Phi) is 6.16. The van der Waals surface area contributed by atoms with E-state index in [1.807, 2.05) is 49.4 Å². The third-order valence-electron chi connectivity index (χ3n) is 4.56. The molecule has 0 aromatic heterocycles. The predicted octanol–water partition coefficient (Wildman–Crippen LogP) is 4.54. The van der Waals surface area contributed by atoms with E-state index in [-0.39, 0.29) is 24.2 Å². The zero-order chi connectivity index (χ0) is 19.4. The minimum absolute atomic E-state index is 0.0371. The lowest BCUT2D eigenvalue weighted by atomic mass is 10.1. The summed E-state index contributed by atoms with van der Waals surface area (Å²) in [5.41, 5.74) is 2.53. The van der Waals surface area contributed by atoms with Crippen LogP contribution in [0.1, 0.15) is 25.3 Å². The maximum atomic E-state index is 12.6. The normalized spacial score (nSPS) is 16.5. The molecular formula is C21H23BrN2O3. The first-order valence-corrected chi connectivity index (χ1v) is 9.87. The van der Waals surface area contributed by atoms with Crippen molar-refractivity contribution < 1.29 is 14.3 Å². The third kappa shape index (κ3) is 4.69. The first kappa shape index (κ1) is 19.4. The zero-order valence-corrected chi connectivity index (χ0v) is 17.1. The molecule has 2 aromatic carbocycles. The van der Waals surface area contributed by atoms with Gasteiger partial charge in [0.1, 0.15) is 5.75 Å². The average molecular weight is 431 g/mol. The first-order chi connectivity index (χ1) is 13.0. The van der Waals surface area contributed by atoms with Crippen molar-refractivity contribution in [2.45, 2.75) is 26.7 Å². The van der Waals surface area contributed by atoms with Gasteiger partial charge in [-0.3, -0.25) is 9.59 Å². The molecular weight excluding hydrogens is 408 g/mol. The fourth-order valence-electron chi connectivity index (χ4n) is 3.08. The summed E-state index contributed by atoms with van der Waals surface area (Å²) >= 11 is 3.42. The lowest BCUT2D eigenvalue weighted by Gasteiger charge is -2.17. The number of benzene rings is 2.